The molecule has 1 heterocycles. The zero-order chi connectivity index (χ0) is 13.9. The van der Waals surface area contributed by atoms with Gasteiger partial charge in [-0.25, -0.2) is 4.68 Å². The third-order valence-corrected chi connectivity index (χ3v) is 3.75. The lowest BCUT2D eigenvalue weighted by Gasteiger charge is -2.10. The summed E-state index contributed by atoms with van der Waals surface area (Å²) in [7, 11) is 0. The molecule has 5 heteroatoms. The highest BCUT2D eigenvalue weighted by Crippen LogP contribution is 2.44. The van der Waals surface area contributed by atoms with Crippen molar-refractivity contribution in [2.75, 3.05) is 18.4 Å². The molecule has 0 atom stereocenters. The molecule has 1 aliphatic rings. The van der Waals surface area contributed by atoms with Crippen molar-refractivity contribution in [1.82, 2.24) is 9.78 Å². The first-order valence-corrected chi connectivity index (χ1v) is 7.45. The van der Waals surface area contributed by atoms with Crippen molar-refractivity contribution in [3.05, 3.63) is 41.2 Å². The lowest BCUT2D eigenvalue weighted by atomic mass is 10.2. The van der Waals surface area contributed by atoms with E-state index in [-0.39, 0.29) is 0 Å². The predicted molar refractivity (Wildman–Crippen MR) is 82.7 cm³/mol. The van der Waals surface area contributed by atoms with Crippen LogP contribution in [0.4, 0.5) is 5.69 Å². The summed E-state index contributed by atoms with van der Waals surface area (Å²) in [6.07, 6.45) is 5.34. The fraction of sp³-hybridized carbons (Fsp3) is 0.400. The van der Waals surface area contributed by atoms with E-state index in [9.17, 15) is 0 Å². The van der Waals surface area contributed by atoms with E-state index in [1.54, 1.807) is 0 Å². The van der Waals surface area contributed by atoms with Crippen molar-refractivity contribution in [2.24, 2.45) is 5.73 Å². The molecule has 4 nitrogen and oxygen atoms in total. The predicted octanol–water partition coefficient (Wildman–Crippen LogP) is 3.16. The molecule has 2 aromatic rings. The third kappa shape index (κ3) is 2.81. The van der Waals surface area contributed by atoms with Crippen LogP contribution in [0.1, 0.15) is 30.9 Å². The van der Waals surface area contributed by atoms with Gasteiger partial charge >= 0.3 is 0 Å². The number of nitrogens with zero attached hydrogens (tertiary/aromatic N) is 2. The molecule has 20 heavy (non-hydrogen) atoms. The van der Waals surface area contributed by atoms with Crippen LogP contribution in [0.2, 0.25) is 5.02 Å². The molecule has 1 aromatic heterocycles. The summed E-state index contributed by atoms with van der Waals surface area (Å²) in [5.41, 5.74) is 8.95. The Hall–Kier alpha value is -1.52. The number of halogens is 1. The van der Waals surface area contributed by atoms with E-state index in [0.717, 1.165) is 29.4 Å². The highest BCUT2D eigenvalue weighted by atomic mass is 35.5. The first kappa shape index (κ1) is 13.5. The second-order valence-corrected chi connectivity index (χ2v) is 5.61. The number of benzene rings is 1. The average Bonchev–Trinajstić information content (AvgIpc) is 3.20. The quantitative estimate of drug-likeness (QED) is 0.804. The van der Waals surface area contributed by atoms with Crippen LogP contribution in [0.5, 0.6) is 0 Å². The van der Waals surface area contributed by atoms with Gasteiger partial charge in [0.25, 0.3) is 0 Å². The Labute approximate surface area is 123 Å². The van der Waals surface area contributed by atoms with Gasteiger partial charge in [-0.1, -0.05) is 17.7 Å². The van der Waals surface area contributed by atoms with Crippen molar-refractivity contribution >= 4 is 17.3 Å². The largest absolute Gasteiger partial charge is 0.382 e. The van der Waals surface area contributed by atoms with Gasteiger partial charge in [-0.05, 0) is 44.0 Å². The summed E-state index contributed by atoms with van der Waals surface area (Å²) in [6.45, 7) is 1.59. The van der Waals surface area contributed by atoms with E-state index in [4.69, 9.17) is 17.3 Å². The third-order valence-electron chi connectivity index (χ3n) is 3.52. The Bertz CT molecular complexity index is 589. The van der Waals surface area contributed by atoms with E-state index >= 15 is 0 Å². The zero-order valence-corrected chi connectivity index (χ0v) is 12.1. The smallest absolute Gasteiger partial charge is 0.0766 e. The van der Waals surface area contributed by atoms with Gasteiger partial charge in [-0.15, -0.1) is 0 Å². The first-order chi connectivity index (χ1) is 9.79. The van der Waals surface area contributed by atoms with Crippen molar-refractivity contribution < 1.29 is 0 Å². The summed E-state index contributed by atoms with van der Waals surface area (Å²) in [4.78, 5) is 0. The number of hydrogen-bond donors (Lipinski definition) is 2. The summed E-state index contributed by atoms with van der Waals surface area (Å²) < 4.78 is 2.01. The second kappa shape index (κ2) is 5.85. The minimum atomic E-state index is 0.608. The van der Waals surface area contributed by atoms with Gasteiger partial charge in [0.2, 0.25) is 0 Å². The van der Waals surface area contributed by atoms with Crippen LogP contribution in [0.25, 0.3) is 5.69 Å². The van der Waals surface area contributed by atoms with Crippen molar-refractivity contribution in [3.8, 4) is 5.69 Å². The Kier molecular flexibility index (Phi) is 3.94. The number of nitrogens with two attached hydrogens (primary N) is 1. The highest BCUT2D eigenvalue weighted by molar-refractivity contribution is 6.30. The van der Waals surface area contributed by atoms with Gasteiger partial charge in [-0.2, -0.15) is 5.10 Å². The molecule has 1 saturated carbocycles. The lowest BCUT2D eigenvalue weighted by Crippen LogP contribution is -2.10. The molecule has 0 bridgehead atoms. The molecule has 0 amide bonds. The average molecular weight is 291 g/mol. The van der Waals surface area contributed by atoms with Gasteiger partial charge in [0.05, 0.1) is 23.3 Å². The van der Waals surface area contributed by atoms with E-state index < -0.39 is 0 Å². The van der Waals surface area contributed by atoms with E-state index in [1.165, 1.54) is 18.5 Å². The number of hydrogen-bond acceptors (Lipinski definition) is 3. The minimum Gasteiger partial charge on any atom is -0.382 e. The molecule has 0 unspecified atom stereocenters. The molecule has 0 aliphatic heterocycles. The maximum atomic E-state index is 6.08. The van der Waals surface area contributed by atoms with Gasteiger partial charge in [-0.3, -0.25) is 0 Å². The Morgan fingerprint density at radius 3 is 2.95 bits per heavy atom. The maximum absolute atomic E-state index is 6.08. The number of nitrogens with one attached hydrogen (secondary N) is 1. The fourth-order valence-corrected chi connectivity index (χ4v) is 2.57. The van der Waals surface area contributed by atoms with Gasteiger partial charge in [0.15, 0.2) is 0 Å². The number of rotatable bonds is 6. The molecular weight excluding hydrogens is 272 g/mol. The summed E-state index contributed by atoms with van der Waals surface area (Å²) in [6, 6.07) is 7.82. The Balaban J connectivity index is 1.91. The van der Waals surface area contributed by atoms with Crippen LogP contribution >= 0.6 is 11.6 Å². The van der Waals surface area contributed by atoms with Crippen LogP contribution in [0.15, 0.2) is 30.5 Å². The van der Waals surface area contributed by atoms with E-state index in [0.29, 0.717) is 12.5 Å². The molecule has 0 radical (unpaired) electrons. The lowest BCUT2D eigenvalue weighted by molar-refractivity contribution is 0.807. The molecule has 1 aromatic carbocycles. The van der Waals surface area contributed by atoms with E-state index in [2.05, 4.69) is 10.4 Å². The first-order valence-electron chi connectivity index (χ1n) is 7.07. The molecule has 3 rings (SSSR count). The molecular formula is C15H19ClN4. The van der Waals surface area contributed by atoms with Gasteiger partial charge in [0, 0.05) is 17.5 Å². The van der Waals surface area contributed by atoms with Crippen molar-refractivity contribution in [1.29, 1.82) is 0 Å². The Morgan fingerprint density at radius 2 is 2.25 bits per heavy atom. The standard InChI is InChI=1S/C15H19ClN4/c16-12-3-1-4-13(9-12)20-15(11-5-6-11)14(10-19-20)18-8-2-7-17/h1,3-4,9-11,18H,2,5-8,17H2. The zero-order valence-electron chi connectivity index (χ0n) is 11.3. The SMILES string of the molecule is NCCCNc1cnn(-c2cccc(Cl)c2)c1C1CC1. The maximum Gasteiger partial charge on any atom is 0.0766 e. The van der Waals surface area contributed by atoms with Crippen LogP contribution < -0.4 is 11.1 Å². The van der Waals surface area contributed by atoms with Crippen LogP contribution in [0.3, 0.4) is 0 Å². The minimum absolute atomic E-state index is 0.608. The van der Waals surface area contributed by atoms with Crippen LogP contribution in [-0.4, -0.2) is 22.9 Å². The summed E-state index contributed by atoms with van der Waals surface area (Å²) in [5, 5.41) is 8.71. The van der Waals surface area contributed by atoms with Crippen molar-refractivity contribution in [2.45, 2.75) is 25.2 Å². The monoisotopic (exact) mass is 290 g/mol. The molecule has 106 valence electrons. The number of aromatic nitrogens is 2. The number of anilines is 1. The highest BCUT2D eigenvalue weighted by Gasteiger charge is 2.30. The van der Waals surface area contributed by atoms with Crippen LogP contribution in [0, 0.1) is 0 Å². The molecule has 1 fully saturated rings. The van der Waals surface area contributed by atoms with Crippen molar-refractivity contribution in [3.63, 3.8) is 0 Å². The summed E-state index contributed by atoms with van der Waals surface area (Å²) in [5.74, 6) is 0.608. The molecule has 0 spiro atoms. The topological polar surface area (TPSA) is 55.9 Å². The molecule has 0 saturated heterocycles. The molecule has 3 N–H and O–H groups in total. The fourth-order valence-electron chi connectivity index (χ4n) is 2.38. The second-order valence-electron chi connectivity index (χ2n) is 5.18. The summed E-state index contributed by atoms with van der Waals surface area (Å²) >= 11 is 6.08. The van der Waals surface area contributed by atoms with Crippen LogP contribution in [-0.2, 0) is 0 Å². The Morgan fingerprint density at radius 1 is 1.40 bits per heavy atom. The van der Waals surface area contributed by atoms with Gasteiger partial charge < -0.3 is 11.1 Å². The molecule has 1 aliphatic carbocycles. The normalized spacial score (nSPS) is 14.5. The van der Waals surface area contributed by atoms with Gasteiger partial charge in [0.1, 0.15) is 0 Å². The van der Waals surface area contributed by atoms with E-state index in [1.807, 2.05) is 35.1 Å².